The minimum Gasteiger partial charge on any atom is -0.481 e. The Morgan fingerprint density at radius 3 is 2.52 bits per heavy atom. The molecule has 33 heavy (non-hydrogen) atoms. The fourth-order valence-corrected chi connectivity index (χ4v) is 3.23. The zero-order chi connectivity index (χ0) is 23.4. The molecule has 0 aliphatic heterocycles. The van der Waals surface area contributed by atoms with E-state index in [1.807, 2.05) is 18.2 Å². The van der Waals surface area contributed by atoms with E-state index < -0.39 is 12.1 Å². The molecule has 0 radical (unpaired) electrons. The molecular weight excluding hydrogens is 447 g/mol. The number of oxazole rings is 1. The molecule has 4 rings (SSSR count). The molecule has 0 aliphatic rings. The van der Waals surface area contributed by atoms with E-state index in [-0.39, 0.29) is 11.9 Å². The van der Waals surface area contributed by atoms with Crippen molar-refractivity contribution in [2.75, 3.05) is 11.9 Å². The van der Waals surface area contributed by atoms with E-state index in [1.165, 1.54) is 11.0 Å². The topological polar surface area (TPSA) is 64.8 Å². The number of anilines is 1. The lowest BCUT2D eigenvalue weighted by atomic mass is 10.2. The van der Waals surface area contributed by atoms with Crippen molar-refractivity contribution >= 4 is 40.7 Å². The zero-order valence-corrected chi connectivity index (χ0v) is 18.6. The van der Waals surface area contributed by atoms with E-state index in [1.54, 1.807) is 68.6 Å². The van der Waals surface area contributed by atoms with Crippen LogP contribution in [0.2, 0.25) is 5.02 Å². The minimum absolute atomic E-state index is 0.136. The Bertz CT molecular complexity index is 1290. The largest absolute Gasteiger partial charge is 0.481 e. The van der Waals surface area contributed by atoms with Crippen LogP contribution in [-0.4, -0.2) is 24.0 Å². The first kappa shape index (κ1) is 22.4. The summed E-state index contributed by atoms with van der Waals surface area (Å²) in [5.74, 6) is 0.367. The highest BCUT2D eigenvalue weighted by atomic mass is 35.5. The van der Waals surface area contributed by atoms with Gasteiger partial charge < -0.3 is 13.9 Å². The molecule has 8 heteroatoms. The van der Waals surface area contributed by atoms with Gasteiger partial charge in [0.2, 0.25) is 0 Å². The Morgan fingerprint density at radius 2 is 1.79 bits per heavy atom. The normalized spacial score (nSPS) is 12.4. The van der Waals surface area contributed by atoms with Gasteiger partial charge in [-0.1, -0.05) is 41.9 Å². The first-order chi connectivity index (χ1) is 15.9. The third-order valence-electron chi connectivity index (χ3n) is 4.74. The highest BCUT2D eigenvalue weighted by Gasteiger charge is 2.24. The van der Waals surface area contributed by atoms with Crippen LogP contribution in [0.5, 0.6) is 11.5 Å². The minimum atomic E-state index is -0.824. The number of likely N-dealkylation sites (N-methyl/N-ethyl adjacent to an activating group) is 1. The lowest BCUT2D eigenvalue weighted by Crippen LogP contribution is -2.38. The lowest BCUT2D eigenvalue weighted by Gasteiger charge is -2.19. The van der Waals surface area contributed by atoms with Crippen molar-refractivity contribution < 1.29 is 23.1 Å². The van der Waals surface area contributed by atoms with Crippen LogP contribution in [-0.2, 0) is 4.79 Å². The molecule has 0 saturated carbocycles. The maximum Gasteiger partial charge on any atom is 0.305 e. The van der Waals surface area contributed by atoms with Crippen LogP contribution in [0.25, 0.3) is 17.2 Å². The van der Waals surface area contributed by atoms with Crippen molar-refractivity contribution in [1.82, 2.24) is 4.98 Å². The smallest absolute Gasteiger partial charge is 0.305 e. The number of carbonyl (C=O) groups is 1. The molecule has 1 heterocycles. The maximum atomic E-state index is 14.1. The Morgan fingerprint density at radius 1 is 1.09 bits per heavy atom. The second-order valence-electron chi connectivity index (χ2n) is 7.20. The Kier molecular flexibility index (Phi) is 6.60. The van der Waals surface area contributed by atoms with Gasteiger partial charge in [-0.3, -0.25) is 9.69 Å². The summed E-state index contributed by atoms with van der Waals surface area (Å²) in [6.45, 7) is 1.62. The fourth-order valence-electron chi connectivity index (χ4n) is 3.06. The third kappa shape index (κ3) is 5.51. The number of rotatable bonds is 7. The summed E-state index contributed by atoms with van der Waals surface area (Å²) in [6.07, 6.45) is 0.469. The van der Waals surface area contributed by atoms with Crippen molar-refractivity contribution in [2.45, 2.75) is 13.0 Å². The van der Waals surface area contributed by atoms with Crippen LogP contribution >= 0.6 is 11.6 Å². The Hall–Kier alpha value is -3.84. The van der Waals surface area contributed by atoms with Gasteiger partial charge in [0.05, 0.1) is 0 Å². The van der Waals surface area contributed by atoms with Crippen LogP contribution in [0, 0.1) is 0 Å². The monoisotopic (exact) mass is 466 g/mol. The summed E-state index contributed by atoms with van der Waals surface area (Å²) < 4.78 is 30.6. The molecule has 1 aromatic heterocycles. The van der Waals surface area contributed by atoms with Gasteiger partial charge >= 0.3 is 6.01 Å². The summed E-state index contributed by atoms with van der Waals surface area (Å²) in [7, 11) is 1.55. The highest BCUT2D eigenvalue weighted by Crippen LogP contribution is 2.25. The molecule has 3 aromatic carbocycles. The van der Waals surface area contributed by atoms with Gasteiger partial charge in [-0.25, -0.2) is 0 Å². The summed E-state index contributed by atoms with van der Waals surface area (Å²) in [5.41, 5.74) is 1.76. The number of fused-ring (bicyclic) bond motifs is 1. The van der Waals surface area contributed by atoms with Crippen LogP contribution in [0.15, 0.2) is 83.2 Å². The molecule has 0 N–H and O–H groups in total. The van der Waals surface area contributed by atoms with Gasteiger partial charge in [0.15, 0.2) is 11.7 Å². The number of carbonyl (C=O) groups excluding carboxylic acids is 1. The number of ether oxygens (including phenoxy) is 2. The van der Waals surface area contributed by atoms with Crippen LogP contribution in [0.3, 0.4) is 0 Å². The van der Waals surface area contributed by atoms with Crippen molar-refractivity contribution in [3.8, 4) is 11.5 Å². The highest BCUT2D eigenvalue weighted by molar-refractivity contribution is 6.31. The van der Waals surface area contributed by atoms with Crippen LogP contribution < -0.4 is 14.4 Å². The summed E-state index contributed by atoms with van der Waals surface area (Å²) >= 11 is 5.97. The first-order valence-corrected chi connectivity index (χ1v) is 10.5. The summed E-state index contributed by atoms with van der Waals surface area (Å²) in [6, 6.07) is 19.7. The van der Waals surface area contributed by atoms with Crippen LogP contribution in [0.4, 0.5) is 10.4 Å². The summed E-state index contributed by atoms with van der Waals surface area (Å²) in [4.78, 5) is 18.3. The maximum absolute atomic E-state index is 14.1. The number of hydrogen-bond donors (Lipinski definition) is 0. The first-order valence-electron chi connectivity index (χ1n) is 10.1. The van der Waals surface area contributed by atoms with Crippen molar-refractivity contribution in [3.05, 3.63) is 89.4 Å². The molecule has 0 fully saturated rings. The van der Waals surface area contributed by atoms with Gasteiger partial charge in [-0.05, 0) is 55.0 Å². The van der Waals surface area contributed by atoms with E-state index in [0.29, 0.717) is 33.2 Å². The van der Waals surface area contributed by atoms with E-state index >= 15 is 0 Å². The number of aromatic nitrogens is 1. The number of amides is 1. The molecule has 0 bridgehead atoms. The zero-order valence-electron chi connectivity index (χ0n) is 17.9. The summed E-state index contributed by atoms with van der Waals surface area (Å²) in [5, 5.41) is 0.524. The lowest BCUT2D eigenvalue weighted by molar-refractivity contribution is -0.124. The molecule has 0 aliphatic carbocycles. The molecule has 1 atom stereocenters. The number of halogens is 2. The average molecular weight is 467 g/mol. The molecule has 0 unspecified atom stereocenters. The van der Waals surface area contributed by atoms with E-state index in [9.17, 15) is 9.18 Å². The van der Waals surface area contributed by atoms with E-state index in [4.69, 9.17) is 25.5 Å². The standard InChI is InChI=1S/C25H20ClFN2O4/c1-16(24(30)29(2)25-28-21-15-18(26)8-13-22(21)33-25)31-19-9-11-20(12-10-19)32-23(27)14-17-6-4-3-5-7-17/h3-16H,1-2H3/t16-/m1/s1. The fraction of sp³-hybridized carbons (Fsp3) is 0.120. The van der Waals surface area contributed by atoms with E-state index in [0.717, 1.165) is 0 Å². The van der Waals surface area contributed by atoms with Gasteiger partial charge in [-0.15, -0.1) is 0 Å². The van der Waals surface area contributed by atoms with Gasteiger partial charge in [-0.2, -0.15) is 9.37 Å². The van der Waals surface area contributed by atoms with Gasteiger partial charge in [0.25, 0.3) is 11.9 Å². The molecule has 4 aromatic rings. The van der Waals surface area contributed by atoms with E-state index in [2.05, 4.69) is 4.98 Å². The second kappa shape index (κ2) is 9.75. The van der Waals surface area contributed by atoms with Crippen molar-refractivity contribution in [1.29, 1.82) is 0 Å². The molecule has 168 valence electrons. The molecule has 0 saturated heterocycles. The van der Waals surface area contributed by atoms with Crippen molar-refractivity contribution in [3.63, 3.8) is 0 Å². The molecule has 1 amide bonds. The molecular formula is C25H20ClFN2O4. The second-order valence-corrected chi connectivity index (χ2v) is 7.63. The quantitative estimate of drug-likeness (QED) is 0.301. The molecule has 6 nitrogen and oxygen atoms in total. The van der Waals surface area contributed by atoms with Crippen molar-refractivity contribution in [2.24, 2.45) is 0 Å². The Labute approximate surface area is 194 Å². The van der Waals surface area contributed by atoms with Gasteiger partial charge in [0.1, 0.15) is 17.0 Å². The Balaban J connectivity index is 1.37. The average Bonchev–Trinajstić information content (AvgIpc) is 3.23. The number of hydrogen-bond acceptors (Lipinski definition) is 5. The SMILES string of the molecule is C[C@@H](Oc1ccc(OC(F)=Cc2ccccc2)cc1)C(=O)N(C)c1nc2cc(Cl)ccc2o1. The third-order valence-corrected chi connectivity index (χ3v) is 4.97. The number of nitrogens with zero attached hydrogens (tertiary/aromatic N) is 2. The predicted octanol–water partition coefficient (Wildman–Crippen LogP) is 6.26. The molecule has 0 spiro atoms. The number of benzene rings is 3. The van der Waals surface area contributed by atoms with Crippen LogP contribution in [0.1, 0.15) is 12.5 Å². The predicted molar refractivity (Wildman–Crippen MR) is 125 cm³/mol. The van der Waals surface area contributed by atoms with Gasteiger partial charge in [0, 0.05) is 18.1 Å².